The van der Waals surface area contributed by atoms with E-state index in [1.807, 2.05) is 37.3 Å². The predicted molar refractivity (Wildman–Crippen MR) is 119 cm³/mol. The van der Waals surface area contributed by atoms with Gasteiger partial charge in [0.15, 0.2) is 0 Å². The van der Waals surface area contributed by atoms with Crippen LogP contribution in [0.5, 0.6) is 5.75 Å². The van der Waals surface area contributed by atoms with Gasteiger partial charge in [0.1, 0.15) is 5.75 Å². The molecule has 3 heteroatoms. The van der Waals surface area contributed by atoms with Crippen LogP contribution in [0.2, 0.25) is 0 Å². The average Bonchev–Trinajstić information content (AvgIpc) is 3.22. The monoisotopic (exact) mass is 377 g/mol. The van der Waals surface area contributed by atoms with Crippen LogP contribution in [-0.4, -0.2) is 12.1 Å². The van der Waals surface area contributed by atoms with E-state index in [1.165, 1.54) is 49.3 Å². The van der Waals surface area contributed by atoms with Gasteiger partial charge in [-0.3, -0.25) is 0 Å². The molecule has 0 radical (unpaired) electrons. The van der Waals surface area contributed by atoms with Crippen molar-refractivity contribution in [3.63, 3.8) is 0 Å². The molecule has 4 rings (SSSR count). The number of H-pyrrole nitrogens is 1. The molecule has 0 unspecified atom stereocenters. The van der Waals surface area contributed by atoms with Crippen LogP contribution in [0.1, 0.15) is 29.9 Å². The van der Waals surface area contributed by atoms with Crippen molar-refractivity contribution in [1.82, 2.24) is 4.98 Å². The highest BCUT2D eigenvalue weighted by molar-refractivity contribution is 7.10. The third-order valence-corrected chi connectivity index (χ3v) is 5.77. The fraction of sp³-hybridized carbons (Fsp3) is 0.250. The Balaban J connectivity index is 0.00000102. The van der Waals surface area contributed by atoms with E-state index in [0.717, 1.165) is 5.75 Å². The van der Waals surface area contributed by atoms with Crippen LogP contribution in [0.3, 0.4) is 0 Å². The molecule has 0 amide bonds. The van der Waals surface area contributed by atoms with Crippen molar-refractivity contribution in [2.45, 2.75) is 34.6 Å². The first-order chi connectivity index (χ1) is 13.1. The van der Waals surface area contributed by atoms with E-state index in [9.17, 15) is 0 Å². The van der Waals surface area contributed by atoms with Crippen LogP contribution in [0, 0.1) is 20.8 Å². The molecule has 4 aromatic rings. The Labute approximate surface area is 165 Å². The highest BCUT2D eigenvalue weighted by Crippen LogP contribution is 2.42. The lowest BCUT2D eigenvalue weighted by molar-refractivity contribution is 0.415. The summed E-state index contributed by atoms with van der Waals surface area (Å²) in [6, 6.07) is 15.0. The van der Waals surface area contributed by atoms with Crippen LogP contribution in [0.25, 0.3) is 33.3 Å². The molecule has 0 aliphatic carbocycles. The molecule has 0 spiro atoms. The molecule has 0 aliphatic rings. The summed E-state index contributed by atoms with van der Waals surface area (Å²) >= 11 is 1.81. The molecule has 2 aromatic heterocycles. The minimum atomic E-state index is 0.879. The topological polar surface area (TPSA) is 25.0 Å². The van der Waals surface area contributed by atoms with Crippen LogP contribution >= 0.6 is 11.3 Å². The maximum absolute atomic E-state index is 5.33. The molecular formula is C24H27NOS. The number of nitrogens with one attached hydrogen (secondary N) is 1. The van der Waals surface area contributed by atoms with E-state index in [4.69, 9.17) is 4.74 Å². The van der Waals surface area contributed by atoms with Crippen molar-refractivity contribution < 1.29 is 4.74 Å². The summed E-state index contributed by atoms with van der Waals surface area (Å²) in [4.78, 5) is 5.02. The second kappa shape index (κ2) is 8.01. The van der Waals surface area contributed by atoms with Crippen molar-refractivity contribution in [2.24, 2.45) is 0 Å². The van der Waals surface area contributed by atoms with Crippen molar-refractivity contribution >= 4 is 22.2 Å². The fourth-order valence-electron chi connectivity index (χ4n) is 3.50. The van der Waals surface area contributed by atoms with Crippen LogP contribution in [0.4, 0.5) is 0 Å². The summed E-state index contributed by atoms with van der Waals surface area (Å²) < 4.78 is 5.33. The van der Waals surface area contributed by atoms with E-state index >= 15 is 0 Å². The van der Waals surface area contributed by atoms with Gasteiger partial charge in [0, 0.05) is 26.9 Å². The highest BCUT2D eigenvalue weighted by Gasteiger charge is 2.19. The Morgan fingerprint density at radius 1 is 0.889 bits per heavy atom. The van der Waals surface area contributed by atoms with Gasteiger partial charge in [-0.1, -0.05) is 37.6 Å². The highest BCUT2D eigenvalue weighted by atomic mass is 32.1. The standard InChI is InChI=1S/C22H21NOS.C2H6/c1-13-5-10-19-18(11-13)21(16-6-8-17(24-4)9-7-16)22(23-19)20-14(2)12-25-15(20)3;1-2/h5-12,23H,1-4H3;1-2H3. The predicted octanol–water partition coefficient (Wildman–Crippen LogP) is 7.52. The molecule has 0 aliphatic heterocycles. The van der Waals surface area contributed by atoms with Gasteiger partial charge in [-0.2, -0.15) is 0 Å². The summed E-state index contributed by atoms with van der Waals surface area (Å²) in [6.07, 6.45) is 0. The van der Waals surface area contributed by atoms with Crippen LogP contribution in [0.15, 0.2) is 47.8 Å². The number of hydrogen-bond donors (Lipinski definition) is 1. The SMILES string of the molecule is CC.COc1ccc(-c2c(-c3c(C)csc3C)[nH]c3ccc(C)cc23)cc1. The van der Waals surface area contributed by atoms with Crippen molar-refractivity contribution in [3.8, 4) is 28.1 Å². The maximum Gasteiger partial charge on any atom is 0.118 e. The molecule has 27 heavy (non-hydrogen) atoms. The van der Waals surface area contributed by atoms with E-state index < -0.39 is 0 Å². The van der Waals surface area contributed by atoms with Gasteiger partial charge >= 0.3 is 0 Å². The molecule has 0 atom stereocenters. The van der Waals surface area contributed by atoms with Gasteiger partial charge in [0.25, 0.3) is 0 Å². The van der Waals surface area contributed by atoms with E-state index in [0.29, 0.717) is 0 Å². The number of aryl methyl sites for hydroxylation is 3. The summed E-state index contributed by atoms with van der Waals surface area (Å²) in [5.41, 5.74) is 8.78. The first-order valence-corrected chi connectivity index (χ1v) is 10.3. The Morgan fingerprint density at radius 2 is 1.59 bits per heavy atom. The number of thiophene rings is 1. The Kier molecular flexibility index (Phi) is 5.71. The molecule has 140 valence electrons. The number of ether oxygens (including phenoxy) is 1. The molecule has 0 saturated heterocycles. The van der Waals surface area contributed by atoms with Gasteiger partial charge in [-0.15, -0.1) is 11.3 Å². The van der Waals surface area contributed by atoms with Gasteiger partial charge in [0.2, 0.25) is 0 Å². The van der Waals surface area contributed by atoms with Gasteiger partial charge < -0.3 is 9.72 Å². The molecule has 0 bridgehead atoms. The summed E-state index contributed by atoms with van der Waals surface area (Å²) in [7, 11) is 1.70. The van der Waals surface area contributed by atoms with E-state index in [1.54, 1.807) is 7.11 Å². The van der Waals surface area contributed by atoms with E-state index in [2.05, 4.69) is 61.5 Å². The summed E-state index contributed by atoms with van der Waals surface area (Å²) in [6.45, 7) is 10.5. The maximum atomic E-state index is 5.33. The first kappa shape index (κ1) is 19.2. The summed E-state index contributed by atoms with van der Waals surface area (Å²) in [5.74, 6) is 0.879. The van der Waals surface area contributed by atoms with Gasteiger partial charge in [-0.25, -0.2) is 0 Å². The zero-order chi connectivity index (χ0) is 19.6. The third-order valence-electron chi connectivity index (χ3n) is 4.74. The third kappa shape index (κ3) is 3.52. The average molecular weight is 378 g/mol. The molecule has 2 nitrogen and oxygen atoms in total. The number of benzene rings is 2. The number of rotatable bonds is 3. The number of methoxy groups -OCH3 is 1. The van der Waals surface area contributed by atoms with Crippen molar-refractivity contribution in [1.29, 1.82) is 0 Å². The van der Waals surface area contributed by atoms with Crippen molar-refractivity contribution in [2.75, 3.05) is 7.11 Å². The Bertz CT molecular complexity index is 1030. The minimum absolute atomic E-state index is 0.879. The first-order valence-electron chi connectivity index (χ1n) is 9.40. The molecular weight excluding hydrogens is 350 g/mol. The lowest BCUT2D eigenvalue weighted by Gasteiger charge is -2.08. The van der Waals surface area contributed by atoms with Gasteiger partial charge in [-0.05, 0) is 61.5 Å². The Hall–Kier alpha value is -2.52. The van der Waals surface area contributed by atoms with Crippen LogP contribution in [-0.2, 0) is 0 Å². The molecule has 2 heterocycles. The van der Waals surface area contributed by atoms with Gasteiger partial charge in [0.05, 0.1) is 12.8 Å². The Morgan fingerprint density at radius 3 is 2.19 bits per heavy atom. The van der Waals surface area contributed by atoms with Crippen LogP contribution < -0.4 is 4.74 Å². The molecule has 0 fully saturated rings. The molecule has 2 aromatic carbocycles. The van der Waals surface area contributed by atoms with E-state index in [-0.39, 0.29) is 0 Å². The summed E-state index contributed by atoms with van der Waals surface area (Å²) in [5, 5.41) is 3.50. The normalized spacial score (nSPS) is 10.6. The lowest BCUT2D eigenvalue weighted by atomic mass is 9.96. The second-order valence-corrected chi connectivity index (χ2v) is 7.59. The largest absolute Gasteiger partial charge is 0.497 e. The minimum Gasteiger partial charge on any atom is -0.497 e. The fourth-order valence-corrected chi connectivity index (χ4v) is 4.35. The quantitative estimate of drug-likeness (QED) is 0.392. The zero-order valence-corrected chi connectivity index (χ0v) is 17.8. The second-order valence-electron chi connectivity index (χ2n) is 6.50. The smallest absolute Gasteiger partial charge is 0.118 e. The molecule has 1 N–H and O–H groups in total. The lowest BCUT2D eigenvalue weighted by Crippen LogP contribution is -1.86. The number of aromatic nitrogens is 1. The zero-order valence-electron chi connectivity index (χ0n) is 16.9. The van der Waals surface area contributed by atoms with Crippen molar-refractivity contribution in [3.05, 3.63) is 63.8 Å². The molecule has 0 saturated carbocycles. The number of aromatic amines is 1. The number of hydrogen-bond acceptors (Lipinski definition) is 2. The number of fused-ring (bicyclic) bond motifs is 1.